The number of rotatable bonds is 10. The fourth-order valence-corrected chi connectivity index (χ4v) is 2.27. The van der Waals surface area contributed by atoms with Crippen molar-refractivity contribution in [2.24, 2.45) is 0 Å². The highest BCUT2D eigenvalue weighted by Crippen LogP contribution is 2.08. The molecule has 0 unspecified atom stereocenters. The van der Waals surface area contributed by atoms with Crippen molar-refractivity contribution in [3.8, 4) is 5.75 Å². The zero-order valence-electron chi connectivity index (χ0n) is 14.2. The molecule has 2 aromatic rings. The Kier molecular flexibility index (Phi) is 8.05. The van der Waals surface area contributed by atoms with E-state index in [1.165, 1.54) is 5.56 Å². The fourth-order valence-electron chi connectivity index (χ4n) is 2.27. The summed E-state index contributed by atoms with van der Waals surface area (Å²) in [4.78, 5) is 23.4. The highest BCUT2D eigenvalue weighted by atomic mass is 16.5. The topological polar surface area (TPSA) is 67.4 Å². The predicted octanol–water partition coefficient (Wildman–Crippen LogP) is 2.32. The Bertz CT molecular complexity index is 645. The molecule has 2 N–H and O–H groups in total. The zero-order valence-corrected chi connectivity index (χ0v) is 14.2. The quantitative estimate of drug-likeness (QED) is 0.652. The maximum absolute atomic E-state index is 11.7. The molecule has 0 radical (unpaired) electrons. The first-order chi connectivity index (χ1) is 12.2. The molecule has 0 aromatic heterocycles. The van der Waals surface area contributed by atoms with Gasteiger partial charge in [0.15, 0.2) is 0 Å². The molecule has 0 aliphatic heterocycles. The van der Waals surface area contributed by atoms with Crippen LogP contribution in [0.4, 0.5) is 0 Å². The Labute approximate surface area is 148 Å². The van der Waals surface area contributed by atoms with Crippen LogP contribution >= 0.6 is 0 Å². The van der Waals surface area contributed by atoms with Gasteiger partial charge in [-0.3, -0.25) is 9.59 Å². The molecule has 5 nitrogen and oxygen atoms in total. The van der Waals surface area contributed by atoms with Crippen LogP contribution in [0, 0.1) is 0 Å². The second-order valence-corrected chi connectivity index (χ2v) is 5.63. The van der Waals surface area contributed by atoms with Crippen molar-refractivity contribution >= 4 is 11.8 Å². The second kappa shape index (κ2) is 10.9. The number of carbonyl (C=O) groups is 2. The van der Waals surface area contributed by atoms with Crippen LogP contribution in [0.1, 0.15) is 18.4 Å². The lowest BCUT2D eigenvalue weighted by molar-refractivity contribution is -0.126. The van der Waals surface area contributed by atoms with E-state index in [1.807, 2.05) is 48.5 Å². The summed E-state index contributed by atoms with van der Waals surface area (Å²) in [5.74, 6) is 0.354. The van der Waals surface area contributed by atoms with Gasteiger partial charge in [0, 0.05) is 6.54 Å². The average molecular weight is 340 g/mol. The smallest absolute Gasteiger partial charge is 0.239 e. The SMILES string of the molecule is O=C(CCOc1ccccc1)NCC(=O)NCCCc1ccccc1. The van der Waals surface area contributed by atoms with Gasteiger partial charge in [-0.05, 0) is 30.5 Å². The standard InChI is InChI=1S/C20H24N2O3/c23-19(13-15-25-18-11-5-2-6-12-18)22-16-20(24)21-14-7-10-17-8-3-1-4-9-17/h1-6,8-9,11-12H,7,10,13-16H2,(H,21,24)(H,22,23). The number of aryl methyl sites for hydroxylation is 1. The number of hydrogen-bond donors (Lipinski definition) is 2. The van der Waals surface area contributed by atoms with E-state index in [-0.39, 0.29) is 31.4 Å². The van der Waals surface area contributed by atoms with Gasteiger partial charge in [0.25, 0.3) is 0 Å². The lowest BCUT2D eigenvalue weighted by Crippen LogP contribution is -2.37. The van der Waals surface area contributed by atoms with Gasteiger partial charge < -0.3 is 15.4 Å². The molecule has 132 valence electrons. The number of nitrogens with one attached hydrogen (secondary N) is 2. The Morgan fingerprint density at radius 3 is 2.24 bits per heavy atom. The van der Waals surface area contributed by atoms with Crippen LogP contribution in [0.25, 0.3) is 0 Å². The summed E-state index contributed by atoms with van der Waals surface area (Å²) in [5.41, 5.74) is 1.25. The molecule has 5 heteroatoms. The molecule has 0 saturated heterocycles. The molecule has 0 spiro atoms. The van der Waals surface area contributed by atoms with Gasteiger partial charge in [-0.15, -0.1) is 0 Å². The van der Waals surface area contributed by atoms with Gasteiger partial charge in [-0.1, -0.05) is 48.5 Å². The van der Waals surface area contributed by atoms with Crippen LogP contribution in [0.15, 0.2) is 60.7 Å². The maximum atomic E-state index is 11.7. The van der Waals surface area contributed by atoms with E-state index in [0.717, 1.165) is 18.6 Å². The largest absolute Gasteiger partial charge is 0.493 e. The van der Waals surface area contributed by atoms with Gasteiger partial charge >= 0.3 is 0 Å². The van der Waals surface area contributed by atoms with Crippen LogP contribution in [-0.4, -0.2) is 31.5 Å². The summed E-state index contributed by atoms with van der Waals surface area (Å²) in [6.45, 7) is 0.880. The molecule has 2 rings (SSSR count). The van der Waals surface area contributed by atoms with Crippen LogP contribution in [0.3, 0.4) is 0 Å². The summed E-state index contributed by atoms with van der Waals surface area (Å²) < 4.78 is 5.44. The van der Waals surface area contributed by atoms with Crippen LogP contribution in [0.2, 0.25) is 0 Å². The maximum Gasteiger partial charge on any atom is 0.239 e. The van der Waals surface area contributed by atoms with Gasteiger partial charge in [-0.25, -0.2) is 0 Å². The number of para-hydroxylation sites is 1. The van der Waals surface area contributed by atoms with Crippen molar-refractivity contribution in [2.45, 2.75) is 19.3 Å². The summed E-state index contributed by atoms with van der Waals surface area (Å²) in [6, 6.07) is 19.4. The van der Waals surface area contributed by atoms with E-state index in [0.29, 0.717) is 6.54 Å². The molecule has 2 aromatic carbocycles. The molecule has 2 amide bonds. The summed E-state index contributed by atoms with van der Waals surface area (Å²) >= 11 is 0. The van der Waals surface area contributed by atoms with Crippen molar-refractivity contribution < 1.29 is 14.3 Å². The number of ether oxygens (including phenoxy) is 1. The number of amides is 2. The normalized spacial score (nSPS) is 10.1. The van der Waals surface area contributed by atoms with Crippen molar-refractivity contribution in [2.75, 3.05) is 19.7 Å². The van der Waals surface area contributed by atoms with Crippen molar-refractivity contribution in [3.05, 3.63) is 66.2 Å². The Morgan fingerprint density at radius 2 is 1.52 bits per heavy atom. The van der Waals surface area contributed by atoms with E-state index in [2.05, 4.69) is 22.8 Å². The molecule has 0 atom stereocenters. The van der Waals surface area contributed by atoms with Gasteiger partial charge in [0.1, 0.15) is 5.75 Å². The average Bonchev–Trinajstić information content (AvgIpc) is 2.65. The first kappa shape index (κ1) is 18.5. The van der Waals surface area contributed by atoms with E-state index < -0.39 is 0 Å². The Morgan fingerprint density at radius 1 is 0.840 bits per heavy atom. The van der Waals surface area contributed by atoms with Crippen LogP contribution < -0.4 is 15.4 Å². The van der Waals surface area contributed by atoms with Crippen molar-refractivity contribution in [3.63, 3.8) is 0 Å². The minimum Gasteiger partial charge on any atom is -0.493 e. The molecular formula is C20H24N2O3. The minimum atomic E-state index is -0.199. The predicted molar refractivity (Wildman–Crippen MR) is 97.3 cm³/mol. The second-order valence-electron chi connectivity index (χ2n) is 5.63. The monoisotopic (exact) mass is 340 g/mol. The highest BCUT2D eigenvalue weighted by Gasteiger charge is 2.05. The fraction of sp³-hybridized carbons (Fsp3) is 0.300. The van der Waals surface area contributed by atoms with Crippen molar-refractivity contribution in [1.29, 1.82) is 0 Å². The zero-order chi connectivity index (χ0) is 17.7. The number of carbonyl (C=O) groups excluding carboxylic acids is 2. The van der Waals surface area contributed by atoms with E-state index in [9.17, 15) is 9.59 Å². The summed E-state index contributed by atoms with van der Waals surface area (Å²) in [7, 11) is 0. The van der Waals surface area contributed by atoms with Crippen molar-refractivity contribution in [1.82, 2.24) is 10.6 Å². The van der Waals surface area contributed by atoms with Gasteiger partial charge in [0.05, 0.1) is 19.6 Å². The third-order valence-electron chi connectivity index (χ3n) is 3.59. The number of benzene rings is 2. The molecule has 0 bridgehead atoms. The summed E-state index contributed by atoms with van der Waals surface area (Å²) in [5, 5.41) is 5.40. The molecule has 0 saturated carbocycles. The van der Waals surface area contributed by atoms with E-state index >= 15 is 0 Å². The van der Waals surface area contributed by atoms with Gasteiger partial charge in [-0.2, -0.15) is 0 Å². The van der Waals surface area contributed by atoms with Gasteiger partial charge in [0.2, 0.25) is 11.8 Å². The first-order valence-corrected chi connectivity index (χ1v) is 8.49. The molecule has 0 heterocycles. The third kappa shape index (κ3) is 8.01. The minimum absolute atomic E-state index is 0.00446. The molecule has 0 aliphatic rings. The third-order valence-corrected chi connectivity index (χ3v) is 3.59. The van der Waals surface area contributed by atoms with E-state index in [4.69, 9.17) is 4.74 Å². The first-order valence-electron chi connectivity index (χ1n) is 8.49. The Hall–Kier alpha value is -2.82. The Balaban J connectivity index is 1.50. The number of hydrogen-bond acceptors (Lipinski definition) is 3. The molecule has 25 heavy (non-hydrogen) atoms. The lowest BCUT2D eigenvalue weighted by atomic mass is 10.1. The molecule has 0 fully saturated rings. The van der Waals surface area contributed by atoms with Crippen LogP contribution in [0.5, 0.6) is 5.75 Å². The van der Waals surface area contributed by atoms with Crippen LogP contribution in [-0.2, 0) is 16.0 Å². The molecule has 0 aliphatic carbocycles. The molecular weight excluding hydrogens is 316 g/mol. The summed E-state index contributed by atoms with van der Waals surface area (Å²) in [6.07, 6.45) is 2.01. The lowest BCUT2D eigenvalue weighted by Gasteiger charge is -2.08. The van der Waals surface area contributed by atoms with E-state index in [1.54, 1.807) is 0 Å². The highest BCUT2D eigenvalue weighted by molar-refractivity contribution is 5.84.